The molecule has 1 aromatic rings. The first-order valence-corrected chi connectivity index (χ1v) is 4.97. The maximum absolute atomic E-state index is 13.4. The number of nitrogens with two attached hydrogens (primary N) is 1. The SMILES string of the molecule is Cl.NC1(c2cc(F)c(Br)cc2F)CNC1. The van der Waals surface area contributed by atoms with Crippen LogP contribution in [0.4, 0.5) is 8.78 Å². The third-order valence-corrected chi connectivity index (χ3v) is 3.03. The van der Waals surface area contributed by atoms with E-state index in [1.807, 2.05) is 0 Å². The first-order valence-electron chi connectivity index (χ1n) is 4.17. The van der Waals surface area contributed by atoms with Crippen LogP contribution in [-0.2, 0) is 5.54 Å². The molecule has 1 heterocycles. The maximum Gasteiger partial charge on any atom is 0.137 e. The molecule has 2 nitrogen and oxygen atoms in total. The zero-order valence-corrected chi connectivity index (χ0v) is 10.1. The van der Waals surface area contributed by atoms with E-state index in [1.54, 1.807) is 0 Å². The lowest BCUT2D eigenvalue weighted by molar-refractivity contribution is 0.276. The molecule has 3 N–H and O–H groups in total. The number of hydrogen-bond donors (Lipinski definition) is 2. The molecular formula is C9H10BrClF2N2. The van der Waals surface area contributed by atoms with E-state index in [0.717, 1.165) is 12.1 Å². The molecule has 0 aromatic heterocycles. The van der Waals surface area contributed by atoms with Crippen molar-refractivity contribution in [1.29, 1.82) is 0 Å². The Bertz CT molecular complexity index is 383. The molecule has 15 heavy (non-hydrogen) atoms. The molecule has 1 aliphatic heterocycles. The summed E-state index contributed by atoms with van der Waals surface area (Å²) in [6.45, 7) is 0.954. The van der Waals surface area contributed by atoms with Crippen LogP contribution in [0, 0.1) is 11.6 Å². The first kappa shape index (κ1) is 12.8. The molecule has 0 atom stereocenters. The van der Waals surface area contributed by atoms with Crippen molar-refractivity contribution in [2.24, 2.45) is 5.73 Å². The van der Waals surface area contributed by atoms with E-state index in [0.29, 0.717) is 13.1 Å². The molecule has 0 amide bonds. The highest BCUT2D eigenvalue weighted by Gasteiger charge is 2.37. The van der Waals surface area contributed by atoms with Gasteiger partial charge in [-0.2, -0.15) is 0 Å². The summed E-state index contributed by atoms with van der Waals surface area (Å²) < 4.78 is 26.7. The summed E-state index contributed by atoms with van der Waals surface area (Å²) >= 11 is 2.92. The summed E-state index contributed by atoms with van der Waals surface area (Å²) in [5.41, 5.74) is 5.33. The Morgan fingerprint density at radius 3 is 2.33 bits per heavy atom. The van der Waals surface area contributed by atoms with Crippen LogP contribution in [0.25, 0.3) is 0 Å². The van der Waals surface area contributed by atoms with Gasteiger partial charge < -0.3 is 11.1 Å². The Balaban J connectivity index is 0.00000112. The summed E-state index contributed by atoms with van der Waals surface area (Å²) in [6, 6.07) is 2.26. The summed E-state index contributed by atoms with van der Waals surface area (Å²) in [5, 5.41) is 2.94. The van der Waals surface area contributed by atoms with E-state index in [1.165, 1.54) is 0 Å². The topological polar surface area (TPSA) is 38.0 Å². The van der Waals surface area contributed by atoms with Gasteiger partial charge in [0, 0.05) is 18.7 Å². The second-order valence-electron chi connectivity index (χ2n) is 3.51. The molecule has 84 valence electrons. The largest absolute Gasteiger partial charge is 0.319 e. The zero-order valence-electron chi connectivity index (χ0n) is 7.69. The molecule has 0 aliphatic carbocycles. The lowest BCUT2D eigenvalue weighted by atomic mass is 9.85. The van der Waals surface area contributed by atoms with E-state index in [2.05, 4.69) is 21.2 Å². The van der Waals surface area contributed by atoms with Crippen LogP contribution in [0.1, 0.15) is 5.56 Å². The molecule has 0 spiro atoms. The highest BCUT2D eigenvalue weighted by Crippen LogP contribution is 2.28. The van der Waals surface area contributed by atoms with E-state index in [-0.39, 0.29) is 22.4 Å². The third kappa shape index (κ3) is 2.15. The minimum Gasteiger partial charge on any atom is -0.319 e. The highest BCUT2D eigenvalue weighted by atomic mass is 79.9. The van der Waals surface area contributed by atoms with Gasteiger partial charge in [0.05, 0.1) is 10.0 Å². The number of rotatable bonds is 1. The van der Waals surface area contributed by atoms with Gasteiger partial charge in [-0.25, -0.2) is 8.78 Å². The predicted molar refractivity (Wildman–Crippen MR) is 60.0 cm³/mol. The van der Waals surface area contributed by atoms with Crippen molar-refractivity contribution in [3.8, 4) is 0 Å². The van der Waals surface area contributed by atoms with Crippen LogP contribution >= 0.6 is 28.3 Å². The Hall–Kier alpha value is -0.230. The highest BCUT2D eigenvalue weighted by molar-refractivity contribution is 9.10. The van der Waals surface area contributed by atoms with Gasteiger partial charge in [-0.1, -0.05) is 0 Å². The second kappa shape index (κ2) is 4.33. The van der Waals surface area contributed by atoms with Gasteiger partial charge in [0.1, 0.15) is 11.6 Å². The number of halogens is 4. The third-order valence-electron chi connectivity index (χ3n) is 2.43. The Morgan fingerprint density at radius 1 is 1.27 bits per heavy atom. The fraction of sp³-hybridized carbons (Fsp3) is 0.333. The van der Waals surface area contributed by atoms with Crippen molar-refractivity contribution in [2.75, 3.05) is 13.1 Å². The van der Waals surface area contributed by atoms with Gasteiger partial charge in [0.15, 0.2) is 0 Å². The van der Waals surface area contributed by atoms with Crippen LogP contribution in [0.15, 0.2) is 16.6 Å². The van der Waals surface area contributed by atoms with E-state index in [9.17, 15) is 8.78 Å². The smallest absolute Gasteiger partial charge is 0.137 e. The van der Waals surface area contributed by atoms with Crippen molar-refractivity contribution >= 4 is 28.3 Å². The standard InChI is InChI=1S/C9H9BrF2N2.ClH/c10-6-2-7(11)5(1-8(6)12)9(13)3-14-4-9;/h1-2,14H,3-4,13H2;1H. The Morgan fingerprint density at radius 2 is 1.87 bits per heavy atom. The normalized spacial score (nSPS) is 17.9. The predicted octanol–water partition coefficient (Wildman–Crippen LogP) is 1.91. The summed E-state index contributed by atoms with van der Waals surface area (Å²) in [5.74, 6) is -0.958. The summed E-state index contributed by atoms with van der Waals surface area (Å²) in [4.78, 5) is 0. The van der Waals surface area contributed by atoms with Gasteiger partial charge in [-0.15, -0.1) is 12.4 Å². The fourth-order valence-corrected chi connectivity index (χ4v) is 1.80. The molecule has 1 fully saturated rings. The molecule has 0 bridgehead atoms. The monoisotopic (exact) mass is 298 g/mol. The molecule has 1 saturated heterocycles. The van der Waals surface area contributed by atoms with Crippen molar-refractivity contribution in [3.05, 3.63) is 33.8 Å². The lowest BCUT2D eigenvalue weighted by Crippen LogP contribution is -2.63. The molecule has 1 aromatic carbocycles. The Labute approximate surface area is 101 Å². The molecule has 0 radical (unpaired) electrons. The molecular weight excluding hydrogens is 289 g/mol. The average molecular weight is 300 g/mol. The molecule has 0 unspecified atom stereocenters. The molecule has 6 heteroatoms. The minimum absolute atomic E-state index is 0. The fourth-order valence-electron chi connectivity index (χ4n) is 1.49. The van der Waals surface area contributed by atoms with Gasteiger partial charge in [-0.05, 0) is 28.1 Å². The van der Waals surface area contributed by atoms with Gasteiger partial charge in [0.25, 0.3) is 0 Å². The van der Waals surface area contributed by atoms with Crippen LogP contribution in [0.3, 0.4) is 0 Å². The van der Waals surface area contributed by atoms with Crippen molar-refractivity contribution in [2.45, 2.75) is 5.54 Å². The number of nitrogens with one attached hydrogen (secondary N) is 1. The molecule has 1 aliphatic rings. The molecule has 0 saturated carbocycles. The second-order valence-corrected chi connectivity index (χ2v) is 4.36. The van der Waals surface area contributed by atoms with Gasteiger partial charge >= 0.3 is 0 Å². The average Bonchev–Trinajstić information content (AvgIpc) is 2.07. The summed E-state index contributed by atoms with van der Waals surface area (Å²) in [6.07, 6.45) is 0. The zero-order chi connectivity index (χ0) is 10.3. The number of hydrogen-bond acceptors (Lipinski definition) is 2. The van der Waals surface area contributed by atoms with Gasteiger partial charge in [0.2, 0.25) is 0 Å². The van der Waals surface area contributed by atoms with E-state index < -0.39 is 17.2 Å². The molecule has 2 rings (SSSR count). The van der Waals surface area contributed by atoms with E-state index >= 15 is 0 Å². The lowest BCUT2D eigenvalue weighted by Gasteiger charge is -2.39. The van der Waals surface area contributed by atoms with Crippen molar-refractivity contribution in [1.82, 2.24) is 5.32 Å². The quantitative estimate of drug-likeness (QED) is 0.778. The maximum atomic E-state index is 13.4. The van der Waals surface area contributed by atoms with Crippen LogP contribution in [-0.4, -0.2) is 13.1 Å². The van der Waals surface area contributed by atoms with E-state index in [4.69, 9.17) is 5.73 Å². The van der Waals surface area contributed by atoms with Crippen LogP contribution < -0.4 is 11.1 Å². The van der Waals surface area contributed by atoms with Crippen molar-refractivity contribution < 1.29 is 8.78 Å². The van der Waals surface area contributed by atoms with Crippen LogP contribution in [0.5, 0.6) is 0 Å². The van der Waals surface area contributed by atoms with Crippen molar-refractivity contribution in [3.63, 3.8) is 0 Å². The Kier molecular flexibility index (Phi) is 3.71. The van der Waals surface area contributed by atoms with Crippen LogP contribution in [0.2, 0.25) is 0 Å². The summed E-state index contributed by atoms with van der Waals surface area (Å²) in [7, 11) is 0. The first-order chi connectivity index (χ1) is 6.53. The minimum atomic E-state index is -0.758. The number of benzene rings is 1. The van der Waals surface area contributed by atoms with Gasteiger partial charge in [-0.3, -0.25) is 0 Å².